The SMILES string of the molecule is CCC1(CC)c2cc(/C=C/c3ccc(-c4ccc(-c5ccc(C=C(c6ccccc6)c6ccccc6)cc5)cc4)cc3)ccc2-c2ccc(N(c3ccccc3)c3ccccc3)cc21. The Labute approximate surface area is 379 Å². The molecule has 9 aromatic rings. The van der Waals surface area contributed by atoms with Gasteiger partial charge in [0.1, 0.15) is 0 Å². The van der Waals surface area contributed by atoms with E-state index in [2.05, 4.69) is 267 Å². The fraction of sp³-hybridized carbons (Fsp3) is 0.0794. The summed E-state index contributed by atoms with van der Waals surface area (Å²) in [5.41, 5.74) is 21.1. The molecule has 64 heavy (non-hydrogen) atoms. The molecule has 0 radical (unpaired) electrons. The maximum atomic E-state index is 2.46. The van der Waals surface area contributed by atoms with Crippen LogP contribution in [-0.4, -0.2) is 0 Å². The third kappa shape index (κ3) is 7.94. The molecule has 10 rings (SSSR count). The van der Waals surface area contributed by atoms with Crippen LogP contribution in [0, 0.1) is 0 Å². The van der Waals surface area contributed by atoms with Crippen molar-refractivity contribution in [2.45, 2.75) is 32.1 Å². The maximum absolute atomic E-state index is 2.46. The molecule has 0 heterocycles. The van der Waals surface area contributed by atoms with E-state index in [0.717, 1.165) is 24.2 Å². The van der Waals surface area contributed by atoms with E-state index in [9.17, 15) is 0 Å². The lowest BCUT2D eigenvalue weighted by molar-refractivity contribution is 0.490. The first-order chi connectivity index (χ1) is 31.6. The quantitative estimate of drug-likeness (QED) is 0.111. The molecule has 0 saturated heterocycles. The van der Waals surface area contributed by atoms with E-state index >= 15 is 0 Å². The molecule has 0 spiro atoms. The molecule has 0 unspecified atom stereocenters. The summed E-state index contributed by atoms with van der Waals surface area (Å²) in [7, 11) is 0. The summed E-state index contributed by atoms with van der Waals surface area (Å²) in [5, 5.41) is 0. The molecular weight excluding hydrogens is 771 g/mol. The Morgan fingerprint density at radius 2 is 0.766 bits per heavy atom. The third-order valence-electron chi connectivity index (χ3n) is 13.2. The second-order valence-corrected chi connectivity index (χ2v) is 16.8. The Hall–Kier alpha value is -7.74. The van der Waals surface area contributed by atoms with Crippen molar-refractivity contribution in [1.29, 1.82) is 0 Å². The van der Waals surface area contributed by atoms with Gasteiger partial charge < -0.3 is 4.90 Å². The van der Waals surface area contributed by atoms with E-state index < -0.39 is 0 Å². The predicted octanol–water partition coefficient (Wildman–Crippen LogP) is 17.3. The summed E-state index contributed by atoms with van der Waals surface area (Å²) in [4.78, 5) is 2.38. The van der Waals surface area contributed by atoms with Crippen molar-refractivity contribution in [3.05, 3.63) is 269 Å². The molecular formula is C63H51N. The fourth-order valence-electron chi connectivity index (χ4n) is 9.70. The number of rotatable bonds is 12. The zero-order valence-corrected chi connectivity index (χ0v) is 36.5. The van der Waals surface area contributed by atoms with Crippen molar-refractivity contribution in [2.75, 3.05) is 4.90 Å². The number of para-hydroxylation sites is 2. The Balaban J connectivity index is 0.851. The zero-order valence-electron chi connectivity index (χ0n) is 36.5. The molecule has 1 aliphatic carbocycles. The molecule has 0 bridgehead atoms. The predicted molar refractivity (Wildman–Crippen MR) is 274 cm³/mol. The van der Waals surface area contributed by atoms with Gasteiger partial charge in [-0.05, 0) is 133 Å². The third-order valence-corrected chi connectivity index (χ3v) is 13.2. The Morgan fingerprint density at radius 3 is 1.25 bits per heavy atom. The molecule has 1 aliphatic rings. The van der Waals surface area contributed by atoms with E-state index in [4.69, 9.17) is 0 Å². The van der Waals surface area contributed by atoms with Crippen molar-refractivity contribution < 1.29 is 0 Å². The molecule has 0 fully saturated rings. The number of hydrogen-bond donors (Lipinski definition) is 0. The zero-order chi connectivity index (χ0) is 43.3. The van der Waals surface area contributed by atoms with Crippen LogP contribution in [0.3, 0.4) is 0 Å². The van der Waals surface area contributed by atoms with E-state index in [0.29, 0.717) is 0 Å². The highest BCUT2D eigenvalue weighted by molar-refractivity contribution is 5.92. The highest BCUT2D eigenvalue weighted by Gasteiger charge is 2.41. The van der Waals surface area contributed by atoms with Crippen molar-refractivity contribution in [2.24, 2.45) is 0 Å². The number of benzene rings is 9. The van der Waals surface area contributed by atoms with Gasteiger partial charge >= 0.3 is 0 Å². The highest BCUT2D eigenvalue weighted by Crippen LogP contribution is 2.54. The second-order valence-electron chi connectivity index (χ2n) is 16.8. The molecule has 1 nitrogen and oxygen atoms in total. The summed E-state index contributed by atoms with van der Waals surface area (Å²) in [6.45, 7) is 4.70. The average molecular weight is 822 g/mol. The molecule has 0 amide bonds. The van der Waals surface area contributed by atoms with Gasteiger partial charge in [-0.3, -0.25) is 0 Å². The lowest BCUT2D eigenvalue weighted by Crippen LogP contribution is -2.23. The van der Waals surface area contributed by atoms with Crippen molar-refractivity contribution in [3.63, 3.8) is 0 Å². The maximum Gasteiger partial charge on any atom is 0.0465 e. The fourth-order valence-corrected chi connectivity index (χ4v) is 9.70. The van der Waals surface area contributed by atoms with Crippen LogP contribution in [0.5, 0.6) is 0 Å². The van der Waals surface area contributed by atoms with Gasteiger partial charge in [0.25, 0.3) is 0 Å². The van der Waals surface area contributed by atoms with Crippen LogP contribution < -0.4 is 4.90 Å². The first-order valence-electron chi connectivity index (χ1n) is 22.6. The monoisotopic (exact) mass is 821 g/mol. The highest BCUT2D eigenvalue weighted by atomic mass is 15.1. The van der Waals surface area contributed by atoms with Crippen molar-refractivity contribution >= 4 is 40.9 Å². The Kier molecular flexibility index (Phi) is 11.3. The topological polar surface area (TPSA) is 3.24 Å². The summed E-state index contributed by atoms with van der Waals surface area (Å²) in [6, 6.07) is 83.6. The molecule has 0 aromatic heterocycles. The molecule has 0 saturated carbocycles. The van der Waals surface area contributed by atoms with Gasteiger partial charge in [0, 0.05) is 22.5 Å². The number of anilines is 3. The number of hydrogen-bond acceptors (Lipinski definition) is 1. The first-order valence-corrected chi connectivity index (χ1v) is 22.6. The van der Waals surface area contributed by atoms with Gasteiger partial charge in [-0.1, -0.05) is 220 Å². The summed E-state index contributed by atoms with van der Waals surface area (Å²) >= 11 is 0. The van der Waals surface area contributed by atoms with Crippen LogP contribution in [0.15, 0.2) is 231 Å². The van der Waals surface area contributed by atoms with Crippen LogP contribution in [-0.2, 0) is 5.41 Å². The van der Waals surface area contributed by atoms with Crippen molar-refractivity contribution in [3.8, 4) is 33.4 Å². The minimum absolute atomic E-state index is 0.0588. The van der Waals surface area contributed by atoms with Gasteiger partial charge in [0.15, 0.2) is 0 Å². The van der Waals surface area contributed by atoms with E-state index in [1.807, 2.05) is 0 Å². The Bertz CT molecular complexity index is 2970. The standard InChI is InChI=1S/C63H51N/c1-3-63(4-2)61-44-48(31-41-58(61)59-42-40-57(45-62(59)63)64(55-21-13-7-14-22-55)56-23-15-8-16-24-56)26-25-46-27-32-49(33-28-46)51-36-38-52(39-37-51)50-34-29-47(30-35-50)43-60(53-17-9-5-10-18-53)54-19-11-6-12-20-54/h5-45H,3-4H2,1-2H3/b26-25+. The molecule has 9 aromatic carbocycles. The minimum atomic E-state index is -0.0588. The van der Waals surface area contributed by atoms with Crippen LogP contribution in [0.25, 0.3) is 57.2 Å². The van der Waals surface area contributed by atoms with Gasteiger partial charge in [-0.25, -0.2) is 0 Å². The molecule has 0 atom stereocenters. The van der Waals surface area contributed by atoms with Crippen LogP contribution in [0.1, 0.15) is 65.6 Å². The Morgan fingerprint density at radius 1 is 0.375 bits per heavy atom. The first kappa shape index (κ1) is 40.3. The molecule has 0 aliphatic heterocycles. The minimum Gasteiger partial charge on any atom is -0.310 e. The van der Waals surface area contributed by atoms with Crippen LogP contribution in [0.4, 0.5) is 17.1 Å². The lowest BCUT2D eigenvalue weighted by Gasteiger charge is -2.32. The normalized spacial score (nSPS) is 12.4. The van der Waals surface area contributed by atoms with Gasteiger partial charge in [-0.15, -0.1) is 0 Å². The number of nitrogens with zero attached hydrogens (tertiary/aromatic N) is 1. The van der Waals surface area contributed by atoms with Gasteiger partial charge in [0.2, 0.25) is 0 Å². The van der Waals surface area contributed by atoms with Gasteiger partial charge in [0.05, 0.1) is 0 Å². The average Bonchev–Trinajstić information content (AvgIpc) is 3.65. The largest absolute Gasteiger partial charge is 0.310 e. The van der Waals surface area contributed by atoms with E-state index in [-0.39, 0.29) is 5.41 Å². The summed E-state index contributed by atoms with van der Waals surface area (Å²) in [5.74, 6) is 0. The lowest BCUT2D eigenvalue weighted by atomic mass is 9.73. The molecule has 308 valence electrons. The van der Waals surface area contributed by atoms with Crippen molar-refractivity contribution in [1.82, 2.24) is 0 Å². The van der Waals surface area contributed by atoms with Crippen LogP contribution in [0.2, 0.25) is 0 Å². The number of fused-ring (bicyclic) bond motifs is 3. The second kappa shape index (κ2) is 17.9. The molecule has 1 heteroatoms. The van der Waals surface area contributed by atoms with E-state index in [1.165, 1.54) is 83.6 Å². The smallest absolute Gasteiger partial charge is 0.0465 e. The summed E-state index contributed by atoms with van der Waals surface area (Å²) < 4.78 is 0. The van der Waals surface area contributed by atoms with E-state index in [1.54, 1.807) is 0 Å². The summed E-state index contributed by atoms with van der Waals surface area (Å²) in [6.07, 6.45) is 8.87. The molecule has 0 N–H and O–H groups in total. The van der Waals surface area contributed by atoms with Crippen LogP contribution >= 0.6 is 0 Å². The van der Waals surface area contributed by atoms with Gasteiger partial charge in [-0.2, -0.15) is 0 Å².